The fourth-order valence-corrected chi connectivity index (χ4v) is 2.46. The third kappa shape index (κ3) is 2.61. The number of rotatable bonds is 3. The number of carbonyl (C=O) groups excluding carboxylic acids is 2. The molecule has 0 radical (unpaired) electrons. The van der Waals surface area contributed by atoms with Crippen LogP contribution in [0.2, 0.25) is 0 Å². The molecule has 0 atom stereocenters. The summed E-state index contributed by atoms with van der Waals surface area (Å²) >= 11 is 1.33. The van der Waals surface area contributed by atoms with E-state index in [-0.39, 0.29) is 11.8 Å². The van der Waals surface area contributed by atoms with E-state index in [1.54, 1.807) is 0 Å². The van der Waals surface area contributed by atoms with Crippen molar-refractivity contribution in [2.75, 3.05) is 11.9 Å². The number of hydrogen-bond acceptors (Lipinski definition) is 3. The summed E-state index contributed by atoms with van der Waals surface area (Å²) in [5.41, 5.74) is 1.91. The highest BCUT2D eigenvalue weighted by molar-refractivity contribution is 7.18. The Labute approximate surface area is 99.0 Å². The van der Waals surface area contributed by atoms with Crippen LogP contribution in [0.4, 0.5) is 9.80 Å². The van der Waals surface area contributed by atoms with E-state index < -0.39 is 0 Å². The van der Waals surface area contributed by atoms with Crippen molar-refractivity contribution in [3.63, 3.8) is 0 Å². The van der Waals surface area contributed by atoms with Gasteiger partial charge in [-0.3, -0.25) is 10.1 Å². The van der Waals surface area contributed by atoms with Gasteiger partial charge < -0.3 is 5.32 Å². The molecule has 88 valence electrons. The van der Waals surface area contributed by atoms with Crippen molar-refractivity contribution >= 4 is 28.2 Å². The molecule has 0 aliphatic carbocycles. The van der Waals surface area contributed by atoms with Crippen molar-refractivity contribution in [1.82, 2.24) is 5.32 Å². The number of hydrogen-bond donors (Lipinski definition) is 2. The summed E-state index contributed by atoms with van der Waals surface area (Å²) < 4.78 is 0. The molecule has 0 saturated carbocycles. The number of Topliss-reactive ketones (excluding diaryl/α,β-unsaturated/α-hetero) is 1. The third-order valence-electron chi connectivity index (χ3n) is 2.33. The van der Waals surface area contributed by atoms with Gasteiger partial charge in [0, 0.05) is 6.54 Å². The maximum atomic E-state index is 11.4. The normalized spacial score (nSPS) is 10.0. The van der Waals surface area contributed by atoms with Crippen molar-refractivity contribution in [1.29, 1.82) is 0 Å². The number of nitrogens with one attached hydrogen (secondary N) is 2. The van der Waals surface area contributed by atoms with E-state index in [4.69, 9.17) is 0 Å². The average molecular weight is 240 g/mol. The van der Waals surface area contributed by atoms with Gasteiger partial charge in [-0.1, -0.05) is 0 Å². The minimum Gasteiger partial charge on any atom is -0.338 e. The Hall–Kier alpha value is -1.36. The monoisotopic (exact) mass is 240 g/mol. The van der Waals surface area contributed by atoms with E-state index in [0.717, 1.165) is 16.1 Å². The molecule has 2 amide bonds. The molecular formula is C11H16N2O2S. The summed E-state index contributed by atoms with van der Waals surface area (Å²) in [6, 6.07) is -0.234. The Bertz CT molecular complexity index is 424. The summed E-state index contributed by atoms with van der Waals surface area (Å²) in [7, 11) is 0. The summed E-state index contributed by atoms with van der Waals surface area (Å²) in [6.07, 6.45) is 0. The van der Waals surface area contributed by atoms with Gasteiger partial charge in [0.05, 0.1) is 4.88 Å². The number of ketones is 1. The molecule has 5 heteroatoms. The molecule has 0 spiro atoms. The van der Waals surface area contributed by atoms with E-state index >= 15 is 0 Å². The van der Waals surface area contributed by atoms with Gasteiger partial charge in [0.2, 0.25) is 0 Å². The first-order valence-electron chi connectivity index (χ1n) is 5.13. The van der Waals surface area contributed by atoms with Crippen LogP contribution in [0.15, 0.2) is 0 Å². The minimum absolute atomic E-state index is 0.0366. The van der Waals surface area contributed by atoms with Crippen LogP contribution in [0.3, 0.4) is 0 Å². The van der Waals surface area contributed by atoms with Crippen molar-refractivity contribution in [2.45, 2.75) is 27.7 Å². The molecule has 1 rings (SSSR count). The van der Waals surface area contributed by atoms with Crippen LogP contribution in [-0.2, 0) is 0 Å². The Morgan fingerprint density at radius 2 is 1.88 bits per heavy atom. The molecule has 1 heterocycles. The molecule has 2 N–H and O–H groups in total. The summed E-state index contributed by atoms with van der Waals surface area (Å²) in [4.78, 5) is 23.4. The molecular weight excluding hydrogens is 224 g/mol. The highest BCUT2D eigenvalue weighted by atomic mass is 32.1. The molecule has 0 saturated heterocycles. The summed E-state index contributed by atoms with van der Waals surface area (Å²) in [5.74, 6) is 0.0366. The minimum atomic E-state index is -0.234. The lowest BCUT2D eigenvalue weighted by atomic mass is 10.1. The molecule has 0 unspecified atom stereocenters. The smallest absolute Gasteiger partial charge is 0.319 e. The zero-order valence-corrected chi connectivity index (χ0v) is 10.7. The fourth-order valence-electron chi connectivity index (χ4n) is 1.36. The summed E-state index contributed by atoms with van der Waals surface area (Å²) in [5, 5.41) is 6.14. The van der Waals surface area contributed by atoms with Crippen LogP contribution in [-0.4, -0.2) is 18.4 Å². The van der Waals surface area contributed by atoms with Crippen molar-refractivity contribution in [3.8, 4) is 0 Å². The lowest BCUT2D eigenvalue weighted by molar-refractivity contribution is 0.102. The SMILES string of the molecule is CCNC(=O)Nc1sc(C(C)=O)c(C)c1C. The van der Waals surface area contributed by atoms with Crippen LogP contribution in [0, 0.1) is 13.8 Å². The highest BCUT2D eigenvalue weighted by Crippen LogP contribution is 2.32. The van der Waals surface area contributed by atoms with E-state index in [2.05, 4.69) is 10.6 Å². The third-order valence-corrected chi connectivity index (χ3v) is 3.74. The van der Waals surface area contributed by atoms with Crippen molar-refractivity contribution < 1.29 is 9.59 Å². The van der Waals surface area contributed by atoms with Crippen LogP contribution in [0.5, 0.6) is 0 Å². The molecule has 0 fully saturated rings. The fraction of sp³-hybridized carbons (Fsp3) is 0.455. The Balaban J connectivity index is 2.94. The Morgan fingerprint density at radius 1 is 1.25 bits per heavy atom. The number of thiophene rings is 1. The van der Waals surface area contributed by atoms with Gasteiger partial charge in [-0.15, -0.1) is 11.3 Å². The summed E-state index contributed by atoms with van der Waals surface area (Å²) in [6.45, 7) is 7.77. The molecule has 4 nitrogen and oxygen atoms in total. The van der Waals surface area contributed by atoms with Crippen molar-refractivity contribution in [3.05, 3.63) is 16.0 Å². The van der Waals surface area contributed by atoms with E-state index in [9.17, 15) is 9.59 Å². The lowest BCUT2D eigenvalue weighted by Crippen LogP contribution is -2.28. The topological polar surface area (TPSA) is 58.2 Å². The second kappa shape index (κ2) is 5.12. The molecule has 0 bridgehead atoms. The predicted molar refractivity (Wildman–Crippen MR) is 66.5 cm³/mol. The maximum absolute atomic E-state index is 11.4. The molecule has 1 aromatic rings. The van der Waals surface area contributed by atoms with Crippen LogP contribution >= 0.6 is 11.3 Å². The number of urea groups is 1. The van der Waals surface area contributed by atoms with Gasteiger partial charge in [-0.05, 0) is 38.8 Å². The second-order valence-corrected chi connectivity index (χ2v) is 4.57. The van der Waals surface area contributed by atoms with E-state index in [1.807, 2.05) is 20.8 Å². The van der Waals surface area contributed by atoms with Crippen LogP contribution in [0.1, 0.15) is 34.6 Å². The zero-order valence-electron chi connectivity index (χ0n) is 9.93. The highest BCUT2D eigenvalue weighted by Gasteiger charge is 2.15. The lowest BCUT2D eigenvalue weighted by Gasteiger charge is -2.04. The van der Waals surface area contributed by atoms with Gasteiger partial charge in [-0.2, -0.15) is 0 Å². The quantitative estimate of drug-likeness (QED) is 0.798. The van der Waals surface area contributed by atoms with E-state index in [0.29, 0.717) is 11.4 Å². The number of amides is 2. The van der Waals surface area contributed by atoms with Crippen LogP contribution < -0.4 is 10.6 Å². The maximum Gasteiger partial charge on any atom is 0.319 e. The predicted octanol–water partition coefficient (Wildman–Crippen LogP) is 2.71. The molecule has 0 aromatic carbocycles. The zero-order chi connectivity index (χ0) is 12.3. The van der Waals surface area contributed by atoms with Gasteiger partial charge in [-0.25, -0.2) is 4.79 Å². The van der Waals surface area contributed by atoms with Gasteiger partial charge in [0.15, 0.2) is 5.78 Å². The van der Waals surface area contributed by atoms with Crippen LogP contribution in [0.25, 0.3) is 0 Å². The molecule has 0 aliphatic rings. The first kappa shape index (κ1) is 12.7. The van der Waals surface area contributed by atoms with Gasteiger partial charge in [0.1, 0.15) is 5.00 Å². The number of carbonyl (C=O) groups is 2. The van der Waals surface area contributed by atoms with Crippen molar-refractivity contribution in [2.24, 2.45) is 0 Å². The Kier molecular flexibility index (Phi) is 4.06. The first-order valence-corrected chi connectivity index (χ1v) is 5.94. The number of anilines is 1. The van der Waals surface area contributed by atoms with E-state index in [1.165, 1.54) is 18.3 Å². The van der Waals surface area contributed by atoms with Gasteiger partial charge in [0.25, 0.3) is 0 Å². The Morgan fingerprint density at radius 3 is 2.31 bits per heavy atom. The molecule has 16 heavy (non-hydrogen) atoms. The average Bonchev–Trinajstić information content (AvgIpc) is 2.46. The van der Waals surface area contributed by atoms with Gasteiger partial charge >= 0.3 is 6.03 Å². The largest absolute Gasteiger partial charge is 0.338 e. The molecule has 1 aromatic heterocycles. The molecule has 0 aliphatic heterocycles. The standard InChI is InChI=1S/C11H16N2O2S/c1-5-12-11(15)13-10-7(3)6(2)9(16-10)8(4)14/h5H2,1-4H3,(H2,12,13,15). The second-order valence-electron chi connectivity index (χ2n) is 3.55. The first-order chi connectivity index (χ1) is 7.47.